The van der Waals surface area contributed by atoms with Gasteiger partial charge in [0.2, 0.25) is 0 Å². The molecule has 4 heterocycles. The van der Waals surface area contributed by atoms with Crippen LogP contribution in [-0.4, -0.2) is 48.4 Å². The van der Waals surface area contributed by atoms with Crippen LogP contribution in [0.15, 0.2) is 46.2 Å². The summed E-state index contributed by atoms with van der Waals surface area (Å²) >= 11 is 0. The zero-order valence-corrected chi connectivity index (χ0v) is 14.0. The van der Waals surface area contributed by atoms with E-state index in [1.165, 1.54) is 6.26 Å². The van der Waals surface area contributed by atoms with Gasteiger partial charge >= 0.3 is 5.76 Å². The van der Waals surface area contributed by atoms with Gasteiger partial charge in [-0.2, -0.15) is 0 Å². The van der Waals surface area contributed by atoms with E-state index in [4.69, 9.17) is 0 Å². The predicted molar refractivity (Wildman–Crippen MR) is 90.5 cm³/mol. The van der Waals surface area contributed by atoms with Crippen molar-refractivity contribution in [1.82, 2.24) is 29.9 Å². The second-order valence-corrected chi connectivity index (χ2v) is 6.32. The quantitative estimate of drug-likeness (QED) is 0.727. The van der Waals surface area contributed by atoms with Gasteiger partial charge in [0.05, 0.1) is 12.2 Å². The lowest BCUT2D eigenvalue weighted by Crippen LogP contribution is -2.37. The maximum Gasteiger partial charge on any atom is 0.416 e. The van der Waals surface area contributed by atoms with Gasteiger partial charge in [0, 0.05) is 37.6 Å². The van der Waals surface area contributed by atoms with Crippen LogP contribution in [0.4, 0.5) is 0 Å². The maximum absolute atomic E-state index is 12.6. The number of carbonyl (C=O) groups is 1. The minimum absolute atomic E-state index is 0.0342. The van der Waals surface area contributed by atoms with Crippen molar-refractivity contribution in [2.45, 2.75) is 31.8 Å². The van der Waals surface area contributed by atoms with Crippen LogP contribution in [0, 0.1) is 0 Å². The van der Waals surface area contributed by atoms with Crippen molar-refractivity contribution in [3.05, 3.63) is 64.5 Å². The Hall–Kier alpha value is -3.23. The number of hydrogen-bond donors (Lipinski definition) is 1. The first kappa shape index (κ1) is 16.2. The van der Waals surface area contributed by atoms with E-state index in [0.29, 0.717) is 19.5 Å². The Kier molecular flexibility index (Phi) is 4.34. The minimum atomic E-state index is -0.622. The van der Waals surface area contributed by atoms with Gasteiger partial charge < -0.3 is 9.32 Å². The first-order valence-corrected chi connectivity index (χ1v) is 8.46. The van der Waals surface area contributed by atoms with Crippen LogP contribution in [0.5, 0.6) is 0 Å². The summed E-state index contributed by atoms with van der Waals surface area (Å²) in [4.78, 5) is 31.9. The molecular formula is C17H18N6O3. The van der Waals surface area contributed by atoms with Crippen LogP contribution in [0.1, 0.15) is 34.6 Å². The number of aromatic amines is 1. The number of oxazole rings is 1. The molecular weight excluding hydrogens is 336 g/mol. The van der Waals surface area contributed by atoms with E-state index in [-0.39, 0.29) is 17.6 Å². The second-order valence-electron chi connectivity index (χ2n) is 6.32. The third-order valence-corrected chi connectivity index (χ3v) is 4.51. The largest absolute Gasteiger partial charge is 0.416 e. The zero-order chi connectivity index (χ0) is 17.9. The van der Waals surface area contributed by atoms with Crippen molar-refractivity contribution in [1.29, 1.82) is 0 Å². The number of hydrogen-bond acceptors (Lipinski definition) is 6. The van der Waals surface area contributed by atoms with Gasteiger partial charge in [0.1, 0.15) is 12.0 Å². The number of carbonyl (C=O) groups excluding carboxylic acids is 1. The fourth-order valence-electron chi connectivity index (χ4n) is 3.28. The Labute approximate surface area is 148 Å². The van der Waals surface area contributed by atoms with Crippen LogP contribution in [-0.2, 0) is 13.0 Å². The second kappa shape index (κ2) is 6.95. The maximum atomic E-state index is 12.6. The molecule has 134 valence electrons. The summed E-state index contributed by atoms with van der Waals surface area (Å²) in [5.41, 5.74) is 2.12. The molecule has 1 aliphatic heterocycles. The number of rotatable bonds is 5. The Balaban J connectivity index is 1.43. The molecule has 9 nitrogen and oxygen atoms in total. The molecule has 0 radical (unpaired) electrons. The van der Waals surface area contributed by atoms with Crippen molar-refractivity contribution in [3.63, 3.8) is 0 Å². The first-order chi connectivity index (χ1) is 12.7. The molecule has 1 saturated heterocycles. The summed E-state index contributed by atoms with van der Waals surface area (Å²) in [6.45, 7) is 1.28. The monoisotopic (exact) mass is 354 g/mol. The molecule has 0 aromatic carbocycles. The standard InChI is InChI=1S/C17H18N6O3/c24-16(15-11-26-17(25)19-15)23-7-1-2-14(23)8-13-10-22(21-20-13)9-12-3-5-18-6-4-12/h3-6,10-11,14H,1-2,7-9H2,(H,19,25). The lowest BCUT2D eigenvalue weighted by molar-refractivity contribution is 0.0730. The number of aromatic nitrogens is 5. The number of nitrogens with zero attached hydrogens (tertiary/aromatic N) is 5. The topological polar surface area (TPSA) is 110 Å². The highest BCUT2D eigenvalue weighted by Crippen LogP contribution is 2.22. The Morgan fingerprint density at radius 3 is 2.96 bits per heavy atom. The molecule has 1 aliphatic rings. The van der Waals surface area contributed by atoms with E-state index < -0.39 is 5.76 Å². The molecule has 1 N–H and O–H groups in total. The van der Waals surface area contributed by atoms with E-state index in [1.54, 1.807) is 22.0 Å². The molecule has 1 atom stereocenters. The minimum Gasteiger partial charge on any atom is -0.416 e. The molecule has 1 fully saturated rings. The number of H-pyrrole nitrogens is 1. The van der Waals surface area contributed by atoms with Crippen molar-refractivity contribution >= 4 is 5.91 Å². The van der Waals surface area contributed by atoms with Crippen LogP contribution in [0.3, 0.4) is 0 Å². The summed E-state index contributed by atoms with van der Waals surface area (Å²) in [6, 6.07) is 3.90. The zero-order valence-electron chi connectivity index (χ0n) is 14.0. The molecule has 3 aromatic rings. The molecule has 1 unspecified atom stereocenters. The first-order valence-electron chi connectivity index (χ1n) is 8.46. The number of pyridine rings is 1. The van der Waals surface area contributed by atoms with Gasteiger partial charge in [-0.3, -0.25) is 14.8 Å². The summed E-state index contributed by atoms with van der Waals surface area (Å²) in [7, 11) is 0. The molecule has 0 aliphatic carbocycles. The number of likely N-dealkylation sites (tertiary alicyclic amines) is 1. The van der Waals surface area contributed by atoms with Crippen molar-refractivity contribution in [2.24, 2.45) is 0 Å². The van der Waals surface area contributed by atoms with E-state index in [1.807, 2.05) is 18.3 Å². The summed E-state index contributed by atoms with van der Waals surface area (Å²) in [5, 5.41) is 8.39. The Morgan fingerprint density at radius 1 is 1.35 bits per heavy atom. The van der Waals surface area contributed by atoms with Gasteiger partial charge in [0.25, 0.3) is 5.91 Å². The summed E-state index contributed by atoms with van der Waals surface area (Å²) in [5.74, 6) is -0.842. The van der Waals surface area contributed by atoms with Gasteiger partial charge in [-0.25, -0.2) is 9.48 Å². The van der Waals surface area contributed by atoms with E-state index in [0.717, 1.165) is 24.1 Å². The van der Waals surface area contributed by atoms with Crippen molar-refractivity contribution in [2.75, 3.05) is 6.54 Å². The highest BCUT2D eigenvalue weighted by atomic mass is 16.4. The molecule has 9 heteroatoms. The number of nitrogens with one attached hydrogen (secondary N) is 1. The van der Waals surface area contributed by atoms with Gasteiger partial charge in [-0.15, -0.1) is 5.10 Å². The van der Waals surface area contributed by atoms with Crippen LogP contribution in [0.25, 0.3) is 0 Å². The third kappa shape index (κ3) is 3.41. The molecule has 1 amide bonds. The van der Waals surface area contributed by atoms with E-state index in [9.17, 15) is 9.59 Å². The van der Waals surface area contributed by atoms with Gasteiger partial charge in [0.15, 0.2) is 0 Å². The smallest absolute Gasteiger partial charge is 0.416 e. The average Bonchev–Trinajstić information content (AvgIpc) is 3.38. The number of amides is 1. The molecule has 4 rings (SSSR count). The van der Waals surface area contributed by atoms with Crippen molar-refractivity contribution in [3.8, 4) is 0 Å². The van der Waals surface area contributed by atoms with Crippen LogP contribution < -0.4 is 5.76 Å². The van der Waals surface area contributed by atoms with Gasteiger partial charge in [-0.05, 0) is 30.5 Å². The van der Waals surface area contributed by atoms with Crippen LogP contribution in [0.2, 0.25) is 0 Å². The van der Waals surface area contributed by atoms with E-state index in [2.05, 4.69) is 24.7 Å². The summed E-state index contributed by atoms with van der Waals surface area (Å²) < 4.78 is 6.45. The van der Waals surface area contributed by atoms with Gasteiger partial charge in [-0.1, -0.05) is 5.21 Å². The Bertz CT molecular complexity index is 945. The fourth-order valence-corrected chi connectivity index (χ4v) is 3.28. The molecule has 0 spiro atoms. The predicted octanol–water partition coefficient (Wildman–Crippen LogP) is 0.850. The Morgan fingerprint density at radius 2 is 2.19 bits per heavy atom. The molecule has 3 aromatic heterocycles. The van der Waals surface area contributed by atoms with Crippen LogP contribution >= 0.6 is 0 Å². The van der Waals surface area contributed by atoms with Crippen molar-refractivity contribution < 1.29 is 9.21 Å². The highest BCUT2D eigenvalue weighted by molar-refractivity contribution is 5.92. The molecule has 26 heavy (non-hydrogen) atoms. The molecule has 0 bridgehead atoms. The van der Waals surface area contributed by atoms with E-state index >= 15 is 0 Å². The highest BCUT2D eigenvalue weighted by Gasteiger charge is 2.31. The third-order valence-electron chi connectivity index (χ3n) is 4.51. The summed E-state index contributed by atoms with van der Waals surface area (Å²) in [6.07, 6.45) is 9.01. The lowest BCUT2D eigenvalue weighted by atomic mass is 10.1. The fraction of sp³-hybridized carbons (Fsp3) is 0.353. The molecule has 0 saturated carbocycles. The lowest BCUT2D eigenvalue weighted by Gasteiger charge is -2.23. The average molecular weight is 354 g/mol. The normalized spacial score (nSPS) is 16.9. The SMILES string of the molecule is O=C(c1coc(=O)[nH]1)N1CCCC1Cc1cn(Cc2ccncc2)nn1.